The van der Waals surface area contributed by atoms with Crippen LogP contribution in [0.1, 0.15) is 46.2 Å². The van der Waals surface area contributed by atoms with Crippen LogP contribution in [0.5, 0.6) is 0 Å². The standard InChI is InChI=1S/C19H22FN3O2/c1-5-7-13-10-16(24)19(3,4)23(13)14-9-15(20)18-21-12(6-2)8-17(25)22(18)11-14/h7-9,11H,5-6,10H2,1-4H3/b13-7+. The molecule has 0 aliphatic carbocycles. The van der Waals surface area contributed by atoms with Crippen LogP contribution in [-0.2, 0) is 11.2 Å². The van der Waals surface area contributed by atoms with Crippen LogP contribution in [0.15, 0.2) is 34.9 Å². The number of Topliss-reactive ketones (excluding diaryl/α,β-unsaturated/α-hetero) is 1. The highest BCUT2D eigenvalue weighted by Gasteiger charge is 2.43. The summed E-state index contributed by atoms with van der Waals surface area (Å²) < 4.78 is 15.9. The lowest BCUT2D eigenvalue weighted by Gasteiger charge is -2.33. The van der Waals surface area contributed by atoms with E-state index in [9.17, 15) is 14.0 Å². The molecule has 1 aliphatic heterocycles. The Kier molecular flexibility index (Phi) is 4.22. The molecule has 0 aromatic carbocycles. The molecule has 0 N–H and O–H groups in total. The van der Waals surface area contributed by atoms with E-state index in [2.05, 4.69) is 4.98 Å². The molecule has 2 aromatic heterocycles. The summed E-state index contributed by atoms with van der Waals surface area (Å²) in [7, 11) is 0. The smallest absolute Gasteiger partial charge is 0.258 e. The van der Waals surface area contributed by atoms with E-state index in [0.717, 1.165) is 12.1 Å². The fourth-order valence-corrected chi connectivity index (χ4v) is 3.33. The highest BCUT2D eigenvalue weighted by molar-refractivity contribution is 5.98. The molecule has 1 saturated heterocycles. The highest BCUT2D eigenvalue weighted by atomic mass is 19.1. The molecular formula is C19H22FN3O2. The number of ketones is 1. The number of nitrogens with zero attached hydrogens (tertiary/aromatic N) is 3. The molecule has 5 nitrogen and oxygen atoms in total. The fourth-order valence-electron chi connectivity index (χ4n) is 3.33. The first-order valence-corrected chi connectivity index (χ1v) is 8.54. The third kappa shape index (κ3) is 2.75. The number of fused-ring (bicyclic) bond motifs is 1. The van der Waals surface area contributed by atoms with E-state index in [0.29, 0.717) is 24.2 Å². The minimum Gasteiger partial charge on any atom is -0.331 e. The molecule has 1 fully saturated rings. The van der Waals surface area contributed by atoms with Crippen molar-refractivity contribution in [2.45, 2.75) is 52.5 Å². The molecule has 132 valence electrons. The van der Waals surface area contributed by atoms with Crippen LogP contribution in [0.25, 0.3) is 5.65 Å². The number of carbonyl (C=O) groups excluding carboxylic acids is 1. The van der Waals surface area contributed by atoms with Gasteiger partial charge in [-0.2, -0.15) is 0 Å². The van der Waals surface area contributed by atoms with Gasteiger partial charge >= 0.3 is 0 Å². The Labute approximate surface area is 145 Å². The summed E-state index contributed by atoms with van der Waals surface area (Å²) >= 11 is 0. The van der Waals surface area contributed by atoms with Gasteiger partial charge in [-0.25, -0.2) is 9.37 Å². The minimum atomic E-state index is -0.790. The molecular weight excluding hydrogens is 321 g/mol. The lowest BCUT2D eigenvalue weighted by Crippen LogP contribution is -2.42. The molecule has 0 spiro atoms. The van der Waals surface area contributed by atoms with Crippen molar-refractivity contribution in [2.75, 3.05) is 4.90 Å². The second-order valence-electron chi connectivity index (χ2n) is 6.78. The van der Waals surface area contributed by atoms with Crippen molar-refractivity contribution in [2.24, 2.45) is 0 Å². The molecule has 25 heavy (non-hydrogen) atoms. The average molecular weight is 343 g/mol. The van der Waals surface area contributed by atoms with Gasteiger partial charge in [-0.3, -0.25) is 14.0 Å². The topological polar surface area (TPSA) is 54.7 Å². The van der Waals surface area contributed by atoms with E-state index in [4.69, 9.17) is 0 Å². The van der Waals surface area contributed by atoms with E-state index < -0.39 is 11.4 Å². The second-order valence-corrected chi connectivity index (χ2v) is 6.78. The number of allylic oxidation sites excluding steroid dienone is 2. The van der Waals surface area contributed by atoms with Gasteiger partial charge in [0.2, 0.25) is 0 Å². The Morgan fingerprint density at radius 2 is 2.00 bits per heavy atom. The number of carbonyl (C=O) groups is 1. The molecule has 6 heteroatoms. The first kappa shape index (κ1) is 17.3. The van der Waals surface area contributed by atoms with E-state index in [1.54, 1.807) is 6.20 Å². The summed E-state index contributed by atoms with van der Waals surface area (Å²) in [5.41, 5.74) is 0.766. The van der Waals surface area contributed by atoms with Crippen LogP contribution in [0, 0.1) is 5.82 Å². The van der Waals surface area contributed by atoms with Crippen LogP contribution in [-0.4, -0.2) is 20.7 Å². The van der Waals surface area contributed by atoms with Crippen molar-refractivity contribution in [3.05, 3.63) is 52.0 Å². The van der Waals surface area contributed by atoms with Gasteiger partial charge in [0, 0.05) is 36.1 Å². The van der Waals surface area contributed by atoms with Crippen LogP contribution >= 0.6 is 0 Å². The minimum absolute atomic E-state index is 0.0115. The SMILES string of the molecule is CC/C=C1\CC(=O)C(C)(C)N1c1cc(F)c2nc(CC)cc(=O)n2c1. The third-order valence-corrected chi connectivity index (χ3v) is 4.69. The molecule has 3 heterocycles. The van der Waals surface area contributed by atoms with E-state index in [1.807, 2.05) is 38.7 Å². The fraction of sp³-hybridized carbons (Fsp3) is 0.421. The number of hydrogen-bond acceptors (Lipinski definition) is 4. The van der Waals surface area contributed by atoms with E-state index in [1.165, 1.54) is 16.5 Å². The second kappa shape index (κ2) is 6.10. The molecule has 0 bridgehead atoms. The molecule has 0 amide bonds. The lowest BCUT2D eigenvalue weighted by molar-refractivity contribution is -0.120. The van der Waals surface area contributed by atoms with Gasteiger partial charge in [-0.1, -0.05) is 19.9 Å². The zero-order valence-electron chi connectivity index (χ0n) is 15.0. The number of rotatable bonds is 3. The number of aryl methyl sites for hydroxylation is 1. The summed E-state index contributed by atoms with van der Waals surface area (Å²) in [5, 5.41) is 0. The van der Waals surface area contributed by atoms with E-state index in [-0.39, 0.29) is 17.0 Å². The van der Waals surface area contributed by atoms with Gasteiger partial charge in [0.25, 0.3) is 5.56 Å². The van der Waals surface area contributed by atoms with Gasteiger partial charge in [0.1, 0.15) is 0 Å². The Morgan fingerprint density at radius 3 is 2.64 bits per heavy atom. The number of aromatic nitrogens is 2. The number of anilines is 1. The first-order chi connectivity index (χ1) is 11.8. The van der Waals surface area contributed by atoms with Crippen LogP contribution in [0.2, 0.25) is 0 Å². The Bertz CT molecular complexity index is 944. The maximum absolute atomic E-state index is 14.7. The summed E-state index contributed by atoms with van der Waals surface area (Å²) in [6.45, 7) is 7.48. The van der Waals surface area contributed by atoms with Crippen molar-refractivity contribution < 1.29 is 9.18 Å². The first-order valence-electron chi connectivity index (χ1n) is 8.54. The van der Waals surface area contributed by atoms with Crippen molar-refractivity contribution in [1.82, 2.24) is 9.38 Å². The Hall–Kier alpha value is -2.50. The van der Waals surface area contributed by atoms with Crippen molar-refractivity contribution >= 4 is 17.1 Å². The predicted molar refractivity (Wildman–Crippen MR) is 95.4 cm³/mol. The molecule has 0 saturated carbocycles. The summed E-state index contributed by atoms with van der Waals surface area (Å²) in [6.07, 6.45) is 5.17. The molecule has 0 atom stereocenters. The maximum Gasteiger partial charge on any atom is 0.258 e. The average Bonchev–Trinajstić information content (AvgIpc) is 2.77. The molecule has 0 unspecified atom stereocenters. The van der Waals surface area contributed by atoms with Gasteiger partial charge in [0.15, 0.2) is 17.2 Å². The Morgan fingerprint density at radius 1 is 1.28 bits per heavy atom. The number of pyridine rings is 1. The largest absolute Gasteiger partial charge is 0.331 e. The van der Waals surface area contributed by atoms with Gasteiger partial charge < -0.3 is 4.90 Å². The lowest BCUT2D eigenvalue weighted by atomic mass is 10.0. The summed E-state index contributed by atoms with van der Waals surface area (Å²) in [4.78, 5) is 30.8. The van der Waals surface area contributed by atoms with Crippen molar-refractivity contribution in [3.63, 3.8) is 0 Å². The maximum atomic E-state index is 14.7. The van der Waals surface area contributed by atoms with Gasteiger partial charge in [0.05, 0.1) is 11.2 Å². The van der Waals surface area contributed by atoms with Crippen molar-refractivity contribution in [1.29, 1.82) is 0 Å². The predicted octanol–water partition coefficient (Wildman–Crippen LogP) is 3.25. The normalized spacial score (nSPS) is 18.5. The number of hydrogen-bond donors (Lipinski definition) is 0. The van der Waals surface area contributed by atoms with Crippen LogP contribution < -0.4 is 10.5 Å². The van der Waals surface area contributed by atoms with Crippen LogP contribution in [0.3, 0.4) is 0 Å². The molecule has 2 aromatic rings. The van der Waals surface area contributed by atoms with Gasteiger partial charge in [-0.05, 0) is 26.7 Å². The Balaban J connectivity index is 2.25. The number of halogens is 1. The summed E-state index contributed by atoms with van der Waals surface area (Å²) in [6, 6.07) is 2.77. The molecule has 1 aliphatic rings. The van der Waals surface area contributed by atoms with Gasteiger partial charge in [-0.15, -0.1) is 0 Å². The van der Waals surface area contributed by atoms with Crippen LogP contribution in [0.4, 0.5) is 10.1 Å². The van der Waals surface area contributed by atoms with E-state index >= 15 is 0 Å². The monoisotopic (exact) mass is 343 g/mol. The highest BCUT2D eigenvalue weighted by Crippen LogP contribution is 2.38. The molecule has 0 radical (unpaired) electrons. The molecule has 3 rings (SSSR count). The zero-order chi connectivity index (χ0) is 18.4. The zero-order valence-corrected chi connectivity index (χ0v) is 15.0. The quantitative estimate of drug-likeness (QED) is 0.858. The summed E-state index contributed by atoms with van der Waals surface area (Å²) in [5.74, 6) is -0.504. The third-order valence-electron chi connectivity index (χ3n) is 4.69. The van der Waals surface area contributed by atoms with Crippen molar-refractivity contribution in [3.8, 4) is 0 Å².